The van der Waals surface area contributed by atoms with Gasteiger partial charge in [0, 0.05) is 28.7 Å². The molecule has 0 aliphatic heterocycles. The van der Waals surface area contributed by atoms with Crippen molar-refractivity contribution in [3.8, 4) is 5.75 Å². The Morgan fingerprint density at radius 3 is 2.30 bits per heavy atom. The summed E-state index contributed by atoms with van der Waals surface area (Å²) in [5, 5.41) is 13.7. The number of aromatic nitrogens is 1. The van der Waals surface area contributed by atoms with E-state index >= 15 is 0 Å². The standard InChI is InChI=1S/C33H37ClN2O4/c1-19-21(3)36(18-23-8-14-28(34)30(16-23)40-22(4)32(38)39)29-15-11-25(17-27(19)29)31(37)35-20(2)24-9-12-26(13-10-24)33(5,6)7/h8-17,20,22H,18H2,1-7H3,(H,35,37)(H,38,39)/t20-,22?/m0/s1. The zero-order valence-corrected chi connectivity index (χ0v) is 24.9. The van der Waals surface area contributed by atoms with Crippen molar-refractivity contribution >= 4 is 34.4 Å². The van der Waals surface area contributed by atoms with Crippen LogP contribution in [0.4, 0.5) is 0 Å². The second-order valence-electron chi connectivity index (χ2n) is 11.5. The van der Waals surface area contributed by atoms with E-state index in [1.165, 1.54) is 12.5 Å². The van der Waals surface area contributed by atoms with E-state index in [4.69, 9.17) is 16.3 Å². The molecule has 0 saturated carbocycles. The molecule has 6 nitrogen and oxygen atoms in total. The van der Waals surface area contributed by atoms with Crippen LogP contribution in [0.2, 0.25) is 5.02 Å². The van der Waals surface area contributed by atoms with Crippen LogP contribution in [0.1, 0.15) is 79.0 Å². The smallest absolute Gasteiger partial charge is 0.344 e. The van der Waals surface area contributed by atoms with Crippen LogP contribution in [0.15, 0.2) is 60.7 Å². The molecule has 0 radical (unpaired) electrons. The summed E-state index contributed by atoms with van der Waals surface area (Å²) >= 11 is 6.26. The van der Waals surface area contributed by atoms with Gasteiger partial charge >= 0.3 is 5.97 Å². The normalized spacial score (nSPS) is 13.2. The van der Waals surface area contributed by atoms with Gasteiger partial charge in [-0.15, -0.1) is 0 Å². The zero-order valence-electron chi connectivity index (χ0n) is 24.1. The summed E-state index contributed by atoms with van der Waals surface area (Å²) in [6.07, 6.45) is -1.01. The molecule has 1 amide bonds. The van der Waals surface area contributed by atoms with Crippen molar-refractivity contribution in [2.24, 2.45) is 0 Å². The molecule has 3 aromatic carbocycles. The Morgan fingerprint density at radius 1 is 1.00 bits per heavy atom. The Kier molecular flexibility index (Phi) is 8.31. The van der Waals surface area contributed by atoms with Crippen LogP contribution >= 0.6 is 11.6 Å². The predicted octanol–water partition coefficient (Wildman–Crippen LogP) is 7.60. The van der Waals surface area contributed by atoms with Gasteiger partial charge in [0.2, 0.25) is 0 Å². The van der Waals surface area contributed by atoms with Crippen LogP contribution in [-0.4, -0.2) is 27.7 Å². The summed E-state index contributed by atoms with van der Waals surface area (Å²) < 4.78 is 7.73. The number of hydrogen-bond donors (Lipinski definition) is 2. The lowest BCUT2D eigenvalue weighted by Crippen LogP contribution is -2.26. The number of rotatable bonds is 8. The first-order valence-corrected chi connectivity index (χ1v) is 13.8. The minimum atomic E-state index is -1.06. The van der Waals surface area contributed by atoms with Crippen LogP contribution in [-0.2, 0) is 16.8 Å². The van der Waals surface area contributed by atoms with E-state index in [1.807, 2.05) is 31.2 Å². The van der Waals surface area contributed by atoms with E-state index in [2.05, 4.69) is 68.8 Å². The number of halogens is 1. The van der Waals surface area contributed by atoms with E-state index in [9.17, 15) is 14.7 Å². The predicted molar refractivity (Wildman–Crippen MR) is 161 cm³/mol. The quantitative estimate of drug-likeness (QED) is 0.232. The molecule has 0 saturated heterocycles. The van der Waals surface area contributed by atoms with E-state index < -0.39 is 12.1 Å². The molecular weight excluding hydrogens is 524 g/mol. The van der Waals surface area contributed by atoms with Gasteiger partial charge in [-0.3, -0.25) is 4.79 Å². The van der Waals surface area contributed by atoms with Gasteiger partial charge in [0.25, 0.3) is 5.91 Å². The number of fused-ring (bicyclic) bond motifs is 1. The fourth-order valence-electron chi connectivity index (χ4n) is 4.79. The maximum atomic E-state index is 13.2. The van der Waals surface area contributed by atoms with Crippen molar-refractivity contribution in [3.05, 3.63) is 99.2 Å². The van der Waals surface area contributed by atoms with Gasteiger partial charge in [-0.2, -0.15) is 0 Å². The van der Waals surface area contributed by atoms with Crippen molar-refractivity contribution in [1.82, 2.24) is 9.88 Å². The fraction of sp³-hybridized carbons (Fsp3) is 0.333. The van der Waals surface area contributed by atoms with E-state index in [0.717, 1.165) is 33.3 Å². The number of hydrogen-bond acceptors (Lipinski definition) is 3. The average Bonchev–Trinajstić information content (AvgIpc) is 3.14. The van der Waals surface area contributed by atoms with Crippen molar-refractivity contribution < 1.29 is 19.4 Å². The third-order valence-electron chi connectivity index (χ3n) is 7.51. The Morgan fingerprint density at radius 2 is 1.68 bits per heavy atom. The number of aryl methyl sites for hydroxylation is 1. The highest BCUT2D eigenvalue weighted by Gasteiger charge is 2.19. The van der Waals surface area contributed by atoms with Crippen LogP contribution < -0.4 is 10.1 Å². The monoisotopic (exact) mass is 560 g/mol. The molecule has 40 heavy (non-hydrogen) atoms. The largest absolute Gasteiger partial charge is 0.479 e. The molecule has 4 aromatic rings. The number of ether oxygens (including phenoxy) is 1. The molecular formula is C33H37ClN2O4. The van der Waals surface area contributed by atoms with Gasteiger partial charge in [0.1, 0.15) is 5.75 Å². The van der Waals surface area contributed by atoms with Gasteiger partial charge in [0.05, 0.1) is 11.1 Å². The number of nitrogens with zero attached hydrogens (tertiary/aromatic N) is 1. The molecule has 2 N–H and O–H groups in total. The van der Waals surface area contributed by atoms with Gasteiger partial charge in [-0.05, 0) is 85.7 Å². The Hall–Kier alpha value is -3.77. The molecule has 0 aliphatic carbocycles. The highest BCUT2D eigenvalue weighted by Crippen LogP contribution is 2.31. The van der Waals surface area contributed by atoms with Crippen molar-refractivity contribution in [2.45, 2.75) is 72.6 Å². The lowest BCUT2D eigenvalue weighted by Gasteiger charge is -2.21. The molecule has 0 bridgehead atoms. The minimum Gasteiger partial charge on any atom is -0.479 e. The lowest BCUT2D eigenvalue weighted by molar-refractivity contribution is -0.144. The second-order valence-corrected chi connectivity index (χ2v) is 11.9. The number of benzene rings is 3. The number of amides is 1. The molecule has 210 valence electrons. The molecule has 1 heterocycles. The summed E-state index contributed by atoms with van der Waals surface area (Å²) in [4.78, 5) is 24.4. The molecule has 1 unspecified atom stereocenters. The Balaban J connectivity index is 1.56. The highest BCUT2D eigenvalue weighted by molar-refractivity contribution is 6.32. The summed E-state index contributed by atoms with van der Waals surface area (Å²) in [5.41, 5.74) is 7.11. The number of nitrogens with one attached hydrogen (secondary N) is 1. The van der Waals surface area contributed by atoms with E-state index in [0.29, 0.717) is 22.9 Å². The van der Waals surface area contributed by atoms with Crippen LogP contribution in [0, 0.1) is 13.8 Å². The second kappa shape index (κ2) is 11.4. The first-order chi connectivity index (χ1) is 18.8. The molecule has 2 atom stereocenters. The molecule has 1 aromatic heterocycles. The van der Waals surface area contributed by atoms with Gasteiger partial charge in [-0.25, -0.2) is 4.79 Å². The third kappa shape index (κ3) is 6.18. The van der Waals surface area contributed by atoms with Gasteiger partial charge in [-0.1, -0.05) is 62.7 Å². The van der Waals surface area contributed by atoms with Crippen LogP contribution in [0.3, 0.4) is 0 Å². The Labute approximate surface area is 240 Å². The summed E-state index contributed by atoms with van der Waals surface area (Å²) in [6, 6.07) is 19.5. The topological polar surface area (TPSA) is 80.6 Å². The number of carboxylic acid groups (broad SMARTS) is 1. The number of carbonyl (C=O) groups is 2. The van der Waals surface area contributed by atoms with Crippen LogP contribution in [0.5, 0.6) is 5.75 Å². The summed E-state index contributed by atoms with van der Waals surface area (Å²) in [5.74, 6) is -0.843. The minimum absolute atomic E-state index is 0.0787. The SMILES string of the molecule is Cc1c(C)n(Cc2ccc(Cl)c(OC(C)C(=O)O)c2)c2ccc(C(=O)N[C@@H](C)c3ccc(C(C)(C)C)cc3)cc12. The number of carbonyl (C=O) groups excluding carboxylic acids is 1. The fourth-order valence-corrected chi connectivity index (χ4v) is 4.95. The molecule has 0 aliphatic rings. The van der Waals surface area contributed by atoms with E-state index in [-0.39, 0.29) is 17.4 Å². The zero-order chi connectivity index (χ0) is 29.4. The number of carboxylic acids is 1. The number of aliphatic carboxylic acids is 1. The first-order valence-electron chi connectivity index (χ1n) is 13.4. The highest BCUT2D eigenvalue weighted by atomic mass is 35.5. The molecule has 7 heteroatoms. The molecule has 0 spiro atoms. The van der Waals surface area contributed by atoms with Crippen LogP contribution in [0.25, 0.3) is 10.9 Å². The molecule has 0 fully saturated rings. The Bertz CT molecular complexity index is 1560. The maximum Gasteiger partial charge on any atom is 0.344 e. The molecule has 4 rings (SSSR count). The first kappa shape index (κ1) is 29.2. The van der Waals surface area contributed by atoms with Gasteiger partial charge < -0.3 is 19.7 Å². The summed E-state index contributed by atoms with van der Waals surface area (Å²) in [6.45, 7) is 14.7. The summed E-state index contributed by atoms with van der Waals surface area (Å²) in [7, 11) is 0. The van der Waals surface area contributed by atoms with Gasteiger partial charge in [0.15, 0.2) is 6.10 Å². The van der Waals surface area contributed by atoms with E-state index in [1.54, 1.807) is 12.1 Å². The van der Waals surface area contributed by atoms with Crippen molar-refractivity contribution in [3.63, 3.8) is 0 Å². The van der Waals surface area contributed by atoms with Crippen molar-refractivity contribution in [2.75, 3.05) is 0 Å². The average molecular weight is 561 g/mol. The van der Waals surface area contributed by atoms with Crippen molar-refractivity contribution in [1.29, 1.82) is 0 Å². The lowest BCUT2D eigenvalue weighted by atomic mass is 9.86. The maximum absolute atomic E-state index is 13.2. The third-order valence-corrected chi connectivity index (χ3v) is 7.83.